The van der Waals surface area contributed by atoms with Crippen LogP contribution in [0.25, 0.3) is 10.9 Å². The summed E-state index contributed by atoms with van der Waals surface area (Å²) in [5.41, 5.74) is 3.94. The summed E-state index contributed by atoms with van der Waals surface area (Å²) in [6.07, 6.45) is 5.39. The second kappa shape index (κ2) is 5.68. The Bertz CT molecular complexity index is 655. The van der Waals surface area contributed by atoms with Crippen molar-refractivity contribution in [1.82, 2.24) is 4.98 Å². The Hall–Kier alpha value is -1.16. The van der Waals surface area contributed by atoms with E-state index in [1.54, 1.807) is 0 Å². The highest BCUT2D eigenvalue weighted by atomic mass is 79.9. The molecule has 1 heterocycles. The molecule has 0 amide bonds. The maximum absolute atomic E-state index is 14.2. The summed E-state index contributed by atoms with van der Waals surface area (Å²) in [6, 6.07) is 3.46. The van der Waals surface area contributed by atoms with Gasteiger partial charge in [-0.2, -0.15) is 0 Å². The summed E-state index contributed by atoms with van der Waals surface area (Å²) in [6.45, 7) is 3.04. The van der Waals surface area contributed by atoms with Crippen LogP contribution in [0, 0.1) is 5.82 Å². The maximum atomic E-state index is 14.2. The van der Waals surface area contributed by atoms with Crippen molar-refractivity contribution >= 4 is 32.5 Å². The summed E-state index contributed by atoms with van der Waals surface area (Å²) in [5, 5.41) is 4.39. The first-order valence-corrected chi connectivity index (χ1v) is 8.04. The van der Waals surface area contributed by atoms with Gasteiger partial charge in [0.1, 0.15) is 5.52 Å². The zero-order valence-electron chi connectivity index (χ0n) is 11.6. The molecule has 1 aromatic heterocycles. The molecular formula is C16H18BrFN2. The Labute approximate surface area is 126 Å². The molecule has 0 radical (unpaired) electrons. The molecular weight excluding hydrogens is 319 g/mol. The first-order valence-electron chi connectivity index (χ1n) is 7.25. The molecule has 0 fully saturated rings. The minimum absolute atomic E-state index is 0.248. The summed E-state index contributed by atoms with van der Waals surface area (Å²) in [7, 11) is 0. The Kier molecular flexibility index (Phi) is 3.92. The predicted octanol–water partition coefficient (Wildman–Crippen LogP) is 4.84. The van der Waals surface area contributed by atoms with E-state index in [1.165, 1.54) is 18.1 Å². The van der Waals surface area contributed by atoms with Gasteiger partial charge in [-0.05, 0) is 49.8 Å². The van der Waals surface area contributed by atoms with Gasteiger partial charge in [0.15, 0.2) is 5.82 Å². The third-order valence-corrected chi connectivity index (χ3v) is 4.29. The van der Waals surface area contributed by atoms with Crippen LogP contribution in [0.5, 0.6) is 0 Å². The Morgan fingerprint density at radius 3 is 2.90 bits per heavy atom. The number of benzene rings is 1. The third kappa shape index (κ3) is 2.41. The molecule has 1 N–H and O–H groups in total. The number of hydrogen-bond acceptors (Lipinski definition) is 2. The van der Waals surface area contributed by atoms with Gasteiger partial charge < -0.3 is 5.32 Å². The second-order valence-electron chi connectivity index (χ2n) is 5.33. The number of rotatable bonds is 3. The van der Waals surface area contributed by atoms with Crippen molar-refractivity contribution in [1.29, 1.82) is 0 Å². The van der Waals surface area contributed by atoms with Gasteiger partial charge >= 0.3 is 0 Å². The van der Waals surface area contributed by atoms with Crippen molar-refractivity contribution < 1.29 is 4.39 Å². The number of fused-ring (bicyclic) bond motifs is 2. The number of aromatic nitrogens is 1. The van der Waals surface area contributed by atoms with Crippen molar-refractivity contribution in [3.8, 4) is 0 Å². The largest absolute Gasteiger partial charge is 0.384 e. The quantitative estimate of drug-likeness (QED) is 0.867. The molecule has 0 unspecified atom stereocenters. The smallest absolute Gasteiger partial charge is 0.150 e. The predicted molar refractivity (Wildman–Crippen MR) is 84.8 cm³/mol. The molecule has 2 aromatic rings. The third-order valence-electron chi connectivity index (χ3n) is 3.84. The zero-order chi connectivity index (χ0) is 14.1. The number of halogens is 2. The lowest BCUT2D eigenvalue weighted by Gasteiger charge is -2.22. The fourth-order valence-corrected chi connectivity index (χ4v) is 3.33. The van der Waals surface area contributed by atoms with Crippen LogP contribution in [-0.4, -0.2) is 11.5 Å². The first kappa shape index (κ1) is 13.8. The molecule has 0 saturated carbocycles. The number of pyridine rings is 1. The summed E-state index contributed by atoms with van der Waals surface area (Å²) < 4.78 is 15.0. The fraction of sp³-hybridized carbons (Fsp3) is 0.438. The summed E-state index contributed by atoms with van der Waals surface area (Å²) in [5.74, 6) is -0.248. The summed E-state index contributed by atoms with van der Waals surface area (Å²) in [4.78, 5) is 4.59. The van der Waals surface area contributed by atoms with E-state index >= 15 is 0 Å². The molecule has 4 heteroatoms. The number of hydrogen-bond donors (Lipinski definition) is 1. The van der Waals surface area contributed by atoms with Gasteiger partial charge in [-0.1, -0.05) is 22.9 Å². The highest BCUT2D eigenvalue weighted by Gasteiger charge is 2.19. The first-order chi connectivity index (χ1) is 9.70. The van der Waals surface area contributed by atoms with Gasteiger partial charge in [0, 0.05) is 27.8 Å². The highest BCUT2D eigenvalue weighted by molar-refractivity contribution is 9.10. The maximum Gasteiger partial charge on any atom is 0.150 e. The Morgan fingerprint density at radius 1 is 1.30 bits per heavy atom. The normalized spacial score (nSPS) is 14.3. The van der Waals surface area contributed by atoms with E-state index < -0.39 is 0 Å². The number of nitrogens with zero attached hydrogens (tertiary/aromatic N) is 1. The molecule has 2 nitrogen and oxygen atoms in total. The molecule has 1 aliphatic rings. The number of nitrogens with one attached hydrogen (secondary N) is 1. The minimum Gasteiger partial charge on any atom is -0.384 e. The van der Waals surface area contributed by atoms with Crippen LogP contribution in [0.3, 0.4) is 0 Å². The highest BCUT2D eigenvalue weighted by Crippen LogP contribution is 2.35. The lowest BCUT2D eigenvalue weighted by Crippen LogP contribution is -2.12. The van der Waals surface area contributed by atoms with E-state index in [1.807, 2.05) is 6.07 Å². The van der Waals surface area contributed by atoms with E-state index in [4.69, 9.17) is 0 Å². The van der Waals surface area contributed by atoms with Crippen LogP contribution in [0.2, 0.25) is 0 Å². The Morgan fingerprint density at radius 2 is 2.10 bits per heavy atom. The van der Waals surface area contributed by atoms with Crippen LogP contribution in [0.4, 0.5) is 10.1 Å². The van der Waals surface area contributed by atoms with E-state index in [9.17, 15) is 4.39 Å². The minimum atomic E-state index is -0.248. The molecule has 20 heavy (non-hydrogen) atoms. The van der Waals surface area contributed by atoms with E-state index in [0.717, 1.165) is 53.5 Å². The van der Waals surface area contributed by atoms with E-state index in [2.05, 4.69) is 33.2 Å². The molecule has 106 valence electrons. The Balaban J connectivity index is 2.27. The van der Waals surface area contributed by atoms with Crippen molar-refractivity contribution in [3.05, 3.63) is 33.7 Å². The molecule has 1 aromatic carbocycles. The topological polar surface area (TPSA) is 24.9 Å². The van der Waals surface area contributed by atoms with Gasteiger partial charge in [0.2, 0.25) is 0 Å². The van der Waals surface area contributed by atoms with Crippen LogP contribution in [-0.2, 0) is 12.8 Å². The van der Waals surface area contributed by atoms with Crippen molar-refractivity contribution in [2.45, 2.75) is 39.0 Å². The van der Waals surface area contributed by atoms with Gasteiger partial charge in [-0.3, -0.25) is 0 Å². The lowest BCUT2D eigenvalue weighted by atomic mass is 9.92. The monoisotopic (exact) mass is 336 g/mol. The van der Waals surface area contributed by atoms with Gasteiger partial charge in [0.25, 0.3) is 0 Å². The van der Waals surface area contributed by atoms with Crippen LogP contribution < -0.4 is 5.32 Å². The van der Waals surface area contributed by atoms with Gasteiger partial charge in [-0.15, -0.1) is 0 Å². The fourth-order valence-electron chi connectivity index (χ4n) is 2.90. The van der Waals surface area contributed by atoms with Crippen molar-refractivity contribution in [3.63, 3.8) is 0 Å². The molecule has 0 aliphatic heterocycles. The molecule has 3 rings (SSSR count). The lowest BCUT2D eigenvalue weighted by molar-refractivity contribution is 0.631. The van der Waals surface area contributed by atoms with E-state index in [-0.39, 0.29) is 5.82 Å². The molecule has 0 bridgehead atoms. The molecule has 0 spiro atoms. The average molecular weight is 337 g/mol. The average Bonchev–Trinajstić information content (AvgIpc) is 2.44. The molecule has 0 saturated heterocycles. The standard InChI is InChI=1S/C16H18BrFN2/c1-2-7-19-15-11-5-3-4-6-14(11)20-16-12(15)8-10(17)9-13(16)18/h8-9H,2-7H2,1H3,(H,19,20). The molecule has 0 atom stereocenters. The van der Waals surface area contributed by atoms with Crippen LogP contribution >= 0.6 is 15.9 Å². The number of aryl methyl sites for hydroxylation is 1. The molecule has 1 aliphatic carbocycles. The van der Waals surface area contributed by atoms with Crippen molar-refractivity contribution in [2.75, 3.05) is 11.9 Å². The SMILES string of the molecule is CCCNc1c2c(nc3c(F)cc(Br)cc13)CCCC2. The zero-order valence-corrected chi connectivity index (χ0v) is 13.2. The van der Waals surface area contributed by atoms with Gasteiger partial charge in [-0.25, -0.2) is 9.37 Å². The van der Waals surface area contributed by atoms with Gasteiger partial charge in [0.05, 0.1) is 0 Å². The second-order valence-corrected chi connectivity index (χ2v) is 6.25. The van der Waals surface area contributed by atoms with E-state index in [0.29, 0.717) is 5.52 Å². The number of anilines is 1. The van der Waals surface area contributed by atoms with Crippen LogP contribution in [0.15, 0.2) is 16.6 Å². The summed E-state index contributed by atoms with van der Waals surface area (Å²) >= 11 is 3.39. The van der Waals surface area contributed by atoms with Crippen LogP contribution in [0.1, 0.15) is 37.4 Å². The van der Waals surface area contributed by atoms with Crippen molar-refractivity contribution in [2.24, 2.45) is 0 Å².